The number of carbonyl (C=O) groups excluding carboxylic acids is 2. The number of carboxylic acid groups (broad SMARTS) is 1. The molecule has 2 heterocycles. The predicted molar refractivity (Wildman–Crippen MR) is 212 cm³/mol. The van der Waals surface area contributed by atoms with Crippen molar-refractivity contribution in [2.24, 2.45) is 73.9 Å². The number of likely N-dealkylation sites (tertiary alicyclic amines) is 2. The lowest BCUT2D eigenvalue weighted by Gasteiger charge is -2.73. The molecule has 6 saturated carbocycles. The van der Waals surface area contributed by atoms with Gasteiger partial charge in [-0.2, -0.15) is 0 Å². The number of rotatable bonds is 7. The van der Waals surface area contributed by atoms with Gasteiger partial charge in [0.05, 0.1) is 17.3 Å². The maximum Gasteiger partial charge on any atom is 0.309 e. The minimum atomic E-state index is -0.807. The summed E-state index contributed by atoms with van der Waals surface area (Å²) in [7, 11) is 0. The lowest BCUT2D eigenvalue weighted by molar-refractivity contribution is -0.251. The minimum Gasteiger partial charge on any atom is -0.481 e. The lowest BCUT2D eigenvalue weighted by atomic mass is 9.32. The number of esters is 1. The molecule has 6 aliphatic carbocycles. The summed E-state index contributed by atoms with van der Waals surface area (Å²) in [4.78, 5) is 45.7. The van der Waals surface area contributed by atoms with Crippen molar-refractivity contribution >= 4 is 17.8 Å². The number of hydrogen-bond donors (Lipinski definition) is 1. The quantitative estimate of drug-likeness (QED) is 0.207. The van der Waals surface area contributed by atoms with Gasteiger partial charge in [0.15, 0.2) is 0 Å². The van der Waals surface area contributed by atoms with E-state index < -0.39 is 17.3 Å². The van der Waals surface area contributed by atoms with Crippen LogP contribution < -0.4 is 0 Å². The standard InChI is InChI=1S/C47H74N2O5/c1-29(2)31-16-21-47(41(53)49-26-12-13-30(49)28-48-24-10-11-25-48)23-22-45(8)32(38(31)47)14-15-36-44(7)19-18-37(43(5,6)35(44)17-20-46(36,45)9)54-40(52)34-27-33(39(50)51)42(34,3)4/h30-38H,1,10-28H2,2-9H3,(H,50,51)/t30-,31+,32?,33+,34-,35+,36-,37+,38-,44+,45-,46-,47+/m1/s1. The molecule has 2 aliphatic heterocycles. The molecule has 8 aliphatic rings. The molecule has 1 amide bonds. The molecule has 0 radical (unpaired) electrons. The first-order valence-electron chi connectivity index (χ1n) is 22.4. The van der Waals surface area contributed by atoms with E-state index in [2.05, 4.69) is 57.9 Å². The van der Waals surface area contributed by atoms with Crippen LogP contribution in [0.15, 0.2) is 12.2 Å². The SMILES string of the molecule is C=C(C)[C@@H]1CC[C@]2(C(=O)N3CCC[C@@H]3CN3CCCC3)CC[C@]3(C)C(CC[C@@H]4[C@@]5(C)CC[C@H](OC(=O)[C@H]6C[C@@H](C(=O)O)C6(C)C)C(C)(C)[C@@H]5CC[C@]43C)[C@@H]12. The Bertz CT molecular complexity index is 1550. The molecule has 302 valence electrons. The molecule has 0 bridgehead atoms. The van der Waals surface area contributed by atoms with Crippen molar-refractivity contribution < 1.29 is 24.2 Å². The molecule has 1 N–H and O–H groups in total. The Balaban J connectivity index is 1.04. The number of fused-ring (bicyclic) bond motifs is 7. The van der Waals surface area contributed by atoms with Crippen molar-refractivity contribution in [1.82, 2.24) is 9.80 Å². The number of amides is 1. The minimum absolute atomic E-state index is 0.143. The normalized spacial score (nSPS) is 47.8. The Morgan fingerprint density at radius 3 is 2.13 bits per heavy atom. The Kier molecular flexibility index (Phi) is 9.43. The molecule has 8 rings (SSSR count). The first-order chi connectivity index (χ1) is 25.3. The molecule has 0 aromatic heterocycles. The highest BCUT2D eigenvalue weighted by Gasteiger charge is 2.72. The van der Waals surface area contributed by atoms with E-state index in [1.54, 1.807) is 0 Å². The first kappa shape index (κ1) is 39.0. The summed E-state index contributed by atoms with van der Waals surface area (Å²) >= 11 is 0. The molecule has 54 heavy (non-hydrogen) atoms. The smallest absolute Gasteiger partial charge is 0.309 e. The number of ether oxygens (including phenoxy) is 1. The third-order valence-corrected chi connectivity index (χ3v) is 19.8. The largest absolute Gasteiger partial charge is 0.481 e. The first-order valence-corrected chi connectivity index (χ1v) is 22.4. The maximum atomic E-state index is 15.3. The van der Waals surface area contributed by atoms with Crippen LogP contribution in [0.25, 0.3) is 0 Å². The van der Waals surface area contributed by atoms with Crippen LogP contribution in [-0.2, 0) is 19.1 Å². The van der Waals surface area contributed by atoms with Crippen molar-refractivity contribution in [2.75, 3.05) is 26.2 Å². The van der Waals surface area contributed by atoms with Gasteiger partial charge in [-0.3, -0.25) is 14.4 Å². The second-order valence-corrected chi connectivity index (χ2v) is 22.4. The summed E-state index contributed by atoms with van der Waals surface area (Å²) in [5.74, 6) is 1.09. The van der Waals surface area contributed by atoms with Crippen molar-refractivity contribution in [3.63, 3.8) is 0 Å². The molecular weight excluding hydrogens is 673 g/mol. The highest BCUT2D eigenvalue weighted by molar-refractivity contribution is 5.85. The van der Waals surface area contributed by atoms with E-state index in [0.717, 1.165) is 70.9 Å². The molecule has 13 atom stereocenters. The van der Waals surface area contributed by atoms with Crippen molar-refractivity contribution in [1.29, 1.82) is 0 Å². The number of hydrogen-bond acceptors (Lipinski definition) is 5. The van der Waals surface area contributed by atoms with Crippen LogP contribution in [0.5, 0.6) is 0 Å². The summed E-state index contributed by atoms with van der Waals surface area (Å²) in [5, 5.41) is 9.68. The zero-order valence-electron chi connectivity index (χ0n) is 35.3. The van der Waals surface area contributed by atoms with E-state index in [1.807, 2.05) is 13.8 Å². The molecule has 0 aromatic carbocycles. The molecule has 2 saturated heterocycles. The molecular formula is C47H74N2O5. The molecule has 0 aromatic rings. The second kappa shape index (κ2) is 13.1. The van der Waals surface area contributed by atoms with Gasteiger partial charge in [0.25, 0.3) is 0 Å². The van der Waals surface area contributed by atoms with Crippen LogP contribution >= 0.6 is 0 Å². The van der Waals surface area contributed by atoms with Crippen LogP contribution in [0.3, 0.4) is 0 Å². The average Bonchev–Trinajstić information content (AvgIpc) is 3.87. The van der Waals surface area contributed by atoms with E-state index in [0.29, 0.717) is 48.0 Å². The predicted octanol–water partition coefficient (Wildman–Crippen LogP) is 9.39. The molecule has 8 fully saturated rings. The number of carboxylic acids is 1. The Morgan fingerprint density at radius 1 is 0.741 bits per heavy atom. The third kappa shape index (κ3) is 5.36. The van der Waals surface area contributed by atoms with Gasteiger partial charge in [-0.05, 0) is 168 Å². The van der Waals surface area contributed by atoms with Crippen molar-refractivity contribution in [2.45, 2.75) is 164 Å². The second-order valence-electron chi connectivity index (χ2n) is 22.4. The van der Waals surface area contributed by atoms with Gasteiger partial charge in [0, 0.05) is 24.5 Å². The zero-order valence-corrected chi connectivity index (χ0v) is 35.3. The topological polar surface area (TPSA) is 87.2 Å². The van der Waals surface area contributed by atoms with E-state index in [9.17, 15) is 14.7 Å². The van der Waals surface area contributed by atoms with Crippen LogP contribution in [0.1, 0.15) is 152 Å². The Labute approximate surface area is 327 Å². The average molecular weight is 747 g/mol. The van der Waals surface area contributed by atoms with E-state index in [4.69, 9.17) is 4.74 Å². The van der Waals surface area contributed by atoms with Gasteiger partial charge in [-0.25, -0.2) is 0 Å². The summed E-state index contributed by atoms with van der Waals surface area (Å²) in [6.45, 7) is 27.8. The monoisotopic (exact) mass is 747 g/mol. The van der Waals surface area contributed by atoms with Crippen molar-refractivity contribution in [3.05, 3.63) is 12.2 Å². The Hall–Kier alpha value is -1.89. The number of nitrogens with zero attached hydrogens (tertiary/aromatic N) is 2. The third-order valence-electron chi connectivity index (χ3n) is 19.8. The van der Waals surface area contributed by atoms with Gasteiger partial charge < -0.3 is 19.6 Å². The van der Waals surface area contributed by atoms with Gasteiger partial charge in [0.2, 0.25) is 5.91 Å². The molecule has 7 nitrogen and oxygen atoms in total. The highest BCUT2D eigenvalue weighted by atomic mass is 16.5. The molecule has 1 unspecified atom stereocenters. The fourth-order valence-corrected chi connectivity index (χ4v) is 16.5. The molecule has 0 spiro atoms. The summed E-state index contributed by atoms with van der Waals surface area (Å²) in [5.41, 5.74) is 0.833. The van der Waals surface area contributed by atoms with Crippen LogP contribution in [0.2, 0.25) is 0 Å². The van der Waals surface area contributed by atoms with E-state index in [-0.39, 0.29) is 45.1 Å². The lowest BCUT2D eigenvalue weighted by Crippen LogP contribution is -2.67. The van der Waals surface area contributed by atoms with Gasteiger partial charge in [-0.15, -0.1) is 0 Å². The summed E-state index contributed by atoms with van der Waals surface area (Å²) < 4.78 is 6.46. The van der Waals surface area contributed by atoms with Gasteiger partial charge in [-0.1, -0.05) is 60.6 Å². The van der Waals surface area contributed by atoms with Crippen LogP contribution in [0.4, 0.5) is 0 Å². The molecule has 7 heteroatoms. The highest BCUT2D eigenvalue weighted by Crippen LogP contribution is 2.78. The Morgan fingerprint density at radius 2 is 1.46 bits per heavy atom. The zero-order chi connectivity index (χ0) is 38.8. The maximum absolute atomic E-state index is 15.3. The number of allylic oxidation sites excluding steroid dienone is 1. The summed E-state index contributed by atoms with van der Waals surface area (Å²) in [6.07, 6.45) is 16.2. The summed E-state index contributed by atoms with van der Waals surface area (Å²) in [6, 6.07) is 0.380. The van der Waals surface area contributed by atoms with Crippen LogP contribution in [-0.4, -0.2) is 71.1 Å². The number of aliphatic carboxylic acids is 1. The van der Waals surface area contributed by atoms with Gasteiger partial charge in [0.1, 0.15) is 6.10 Å². The van der Waals surface area contributed by atoms with E-state index >= 15 is 4.79 Å². The number of carbonyl (C=O) groups is 3. The fourth-order valence-electron chi connectivity index (χ4n) is 16.5. The van der Waals surface area contributed by atoms with E-state index in [1.165, 1.54) is 50.8 Å². The van der Waals surface area contributed by atoms with Crippen molar-refractivity contribution in [3.8, 4) is 0 Å². The van der Waals surface area contributed by atoms with Crippen LogP contribution in [0, 0.1) is 73.9 Å². The fraction of sp³-hybridized carbons (Fsp3) is 0.894. The van der Waals surface area contributed by atoms with Gasteiger partial charge >= 0.3 is 11.9 Å².